The van der Waals surface area contributed by atoms with E-state index in [0.717, 1.165) is 0 Å². The molecule has 0 aromatic heterocycles. The van der Waals surface area contributed by atoms with Crippen LogP contribution >= 0.6 is 11.6 Å². The Bertz CT molecular complexity index is 656. The van der Waals surface area contributed by atoms with Gasteiger partial charge in [-0.05, 0) is 30.3 Å². The summed E-state index contributed by atoms with van der Waals surface area (Å²) in [4.78, 5) is 12.4. The Morgan fingerprint density at radius 1 is 1.10 bits per heavy atom. The molecule has 20 heavy (non-hydrogen) atoms. The van der Waals surface area contributed by atoms with Gasteiger partial charge in [0.25, 0.3) is 0 Å². The van der Waals surface area contributed by atoms with Gasteiger partial charge in [0.2, 0.25) is 0 Å². The monoisotopic (exact) mass is 294 g/mol. The van der Waals surface area contributed by atoms with Crippen molar-refractivity contribution in [2.45, 2.75) is 0 Å². The molecule has 0 aliphatic heterocycles. The first-order valence-corrected chi connectivity index (χ1v) is 6.17. The molecule has 0 spiro atoms. The highest BCUT2D eigenvalue weighted by molar-refractivity contribution is 6.32. The van der Waals surface area contributed by atoms with Gasteiger partial charge in [-0.15, -0.1) is 0 Å². The maximum absolute atomic E-state index is 13.9. The SMILES string of the molecule is COc1cc(C(=O)c2c(F)cccc2OC)ccc1Cl. The van der Waals surface area contributed by atoms with E-state index in [-0.39, 0.29) is 16.9 Å². The molecule has 0 heterocycles. The zero-order chi connectivity index (χ0) is 14.7. The molecular weight excluding hydrogens is 283 g/mol. The van der Waals surface area contributed by atoms with Crippen LogP contribution < -0.4 is 9.47 Å². The molecule has 104 valence electrons. The average Bonchev–Trinajstić information content (AvgIpc) is 2.46. The van der Waals surface area contributed by atoms with E-state index in [9.17, 15) is 9.18 Å². The van der Waals surface area contributed by atoms with Crippen LogP contribution in [-0.4, -0.2) is 20.0 Å². The van der Waals surface area contributed by atoms with Crippen LogP contribution in [0.15, 0.2) is 36.4 Å². The van der Waals surface area contributed by atoms with E-state index in [0.29, 0.717) is 10.8 Å². The van der Waals surface area contributed by atoms with Gasteiger partial charge in [0, 0.05) is 5.56 Å². The lowest BCUT2D eigenvalue weighted by atomic mass is 10.0. The highest BCUT2D eigenvalue weighted by atomic mass is 35.5. The van der Waals surface area contributed by atoms with Gasteiger partial charge < -0.3 is 9.47 Å². The summed E-state index contributed by atoms with van der Waals surface area (Å²) in [5.41, 5.74) is 0.161. The van der Waals surface area contributed by atoms with E-state index in [1.165, 1.54) is 50.6 Å². The van der Waals surface area contributed by atoms with Crippen LogP contribution in [0.1, 0.15) is 15.9 Å². The van der Waals surface area contributed by atoms with Crippen LogP contribution in [0.5, 0.6) is 11.5 Å². The Labute approximate surface area is 120 Å². The molecule has 0 aliphatic carbocycles. The number of hydrogen-bond acceptors (Lipinski definition) is 3. The fourth-order valence-corrected chi connectivity index (χ4v) is 2.03. The fraction of sp³-hybridized carbons (Fsp3) is 0.133. The normalized spacial score (nSPS) is 10.2. The third-order valence-electron chi connectivity index (χ3n) is 2.84. The molecule has 0 N–H and O–H groups in total. The number of carbonyl (C=O) groups is 1. The summed E-state index contributed by atoms with van der Waals surface area (Å²) in [6.45, 7) is 0. The van der Waals surface area contributed by atoms with E-state index in [2.05, 4.69) is 0 Å². The molecule has 0 aliphatic rings. The molecule has 0 amide bonds. The van der Waals surface area contributed by atoms with Crippen molar-refractivity contribution in [2.75, 3.05) is 14.2 Å². The summed E-state index contributed by atoms with van der Waals surface area (Å²) in [6, 6.07) is 8.73. The van der Waals surface area contributed by atoms with E-state index in [1.807, 2.05) is 0 Å². The number of benzene rings is 2. The molecule has 5 heteroatoms. The van der Waals surface area contributed by atoms with E-state index in [4.69, 9.17) is 21.1 Å². The van der Waals surface area contributed by atoms with Crippen LogP contribution in [0.25, 0.3) is 0 Å². The summed E-state index contributed by atoms with van der Waals surface area (Å²) in [7, 11) is 2.83. The first-order valence-electron chi connectivity index (χ1n) is 5.79. The number of ether oxygens (including phenoxy) is 2. The molecule has 0 unspecified atom stereocenters. The third-order valence-corrected chi connectivity index (χ3v) is 3.15. The van der Waals surface area contributed by atoms with E-state index >= 15 is 0 Å². The van der Waals surface area contributed by atoms with E-state index in [1.54, 1.807) is 0 Å². The molecule has 0 saturated carbocycles. The number of ketones is 1. The van der Waals surface area contributed by atoms with Gasteiger partial charge in [-0.1, -0.05) is 17.7 Å². The van der Waals surface area contributed by atoms with Gasteiger partial charge >= 0.3 is 0 Å². The lowest BCUT2D eigenvalue weighted by Gasteiger charge is -2.10. The van der Waals surface area contributed by atoms with Gasteiger partial charge in [-0.3, -0.25) is 4.79 Å². The van der Waals surface area contributed by atoms with Crippen molar-refractivity contribution in [3.8, 4) is 11.5 Å². The van der Waals surface area contributed by atoms with Gasteiger partial charge in [0.05, 0.1) is 19.2 Å². The van der Waals surface area contributed by atoms with Crippen molar-refractivity contribution in [2.24, 2.45) is 0 Å². The molecule has 0 atom stereocenters. The van der Waals surface area contributed by atoms with Crippen molar-refractivity contribution in [1.82, 2.24) is 0 Å². The predicted octanol–water partition coefficient (Wildman–Crippen LogP) is 3.73. The Balaban J connectivity index is 2.52. The third kappa shape index (κ3) is 2.60. The second kappa shape index (κ2) is 5.92. The molecule has 3 nitrogen and oxygen atoms in total. The van der Waals surface area contributed by atoms with Crippen LogP contribution in [0, 0.1) is 5.82 Å². The molecule has 2 rings (SSSR count). The Morgan fingerprint density at radius 2 is 1.80 bits per heavy atom. The van der Waals surface area contributed by atoms with Gasteiger partial charge in [-0.25, -0.2) is 4.39 Å². The Kier molecular flexibility index (Phi) is 4.25. The summed E-state index contributed by atoms with van der Waals surface area (Å²) in [5, 5.41) is 0.379. The highest BCUT2D eigenvalue weighted by Gasteiger charge is 2.20. The largest absolute Gasteiger partial charge is 0.496 e. The zero-order valence-electron chi connectivity index (χ0n) is 10.9. The van der Waals surface area contributed by atoms with Crippen molar-refractivity contribution < 1.29 is 18.7 Å². The van der Waals surface area contributed by atoms with Crippen molar-refractivity contribution >= 4 is 17.4 Å². The molecule has 2 aromatic carbocycles. The minimum Gasteiger partial charge on any atom is -0.496 e. The summed E-state index contributed by atoms with van der Waals surface area (Å²) >= 11 is 5.90. The summed E-state index contributed by atoms with van der Waals surface area (Å²) in [6.07, 6.45) is 0. The number of carbonyl (C=O) groups excluding carboxylic acids is 1. The molecule has 0 fully saturated rings. The summed E-state index contributed by atoms with van der Waals surface area (Å²) < 4.78 is 24.0. The maximum atomic E-state index is 13.9. The first kappa shape index (κ1) is 14.3. The molecule has 2 aromatic rings. The van der Waals surface area contributed by atoms with Crippen LogP contribution in [0.3, 0.4) is 0 Å². The lowest BCUT2D eigenvalue weighted by molar-refractivity contribution is 0.103. The quantitative estimate of drug-likeness (QED) is 0.806. The fourth-order valence-electron chi connectivity index (χ4n) is 1.84. The van der Waals surface area contributed by atoms with Gasteiger partial charge in [-0.2, -0.15) is 0 Å². The standard InChI is InChI=1S/C15H12ClFO3/c1-19-12-5-3-4-11(17)14(12)15(18)9-6-7-10(16)13(8-9)20-2/h3-8H,1-2H3. The molecule has 0 radical (unpaired) electrons. The highest BCUT2D eigenvalue weighted by Crippen LogP contribution is 2.29. The predicted molar refractivity (Wildman–Crippen MR) is 74.4 cm³/mol. The smallest absolute Gasteiger partial charge is 0.199 e. The van der Waals surface area contributed by atoms with Gasteiger partial charge in [0.1, 0.15) is 22.9 Å². The summed E-state index contributed by atoms with van der Waals surface area (Å²) in [5.74, 6) is -0.588. The second-order valence-corrected chi connectivity index (χ2v) is 4.40. The first-order chi connectivity index (χ1) is 9.58. The molecule has 0 bridgehead atoms. The molecule has 0 saturated heterocycles. The number of methoxy groups -OCH3 is 2. The number of hydrogen-bond donors (Lipinski definition) is 0. The van der Waals surface area contributed by atoms with Crippen molar-refractivity contribution in [1.29, 1.82) is 0 Å². The van der Waals surface area contributed by atoms with Crippen LogP contribution in [0.4, 0.5) is 4.39 Å². The van der Waals surface area contributed by atoms with E-state index < -0.39 is 11.6 Å². The molecular formula is C15H12ClFO3. The minimum absolute atomic E-state index is 0.112. The zero-order valence-corrected chi connectivity index (χ0v) is 11.7. The Morgan fingerprint density at radius 3 is 2.45 bits per heavy atom. The van der Waals surface area contributed by atoms with Crippen molar-refractivity contribution in [3.63, 3.8) is 0 Å². The van der Waals surface area contributed by atoms with Crippen LogP contribution in [0.2, 0.25) is 5.02 Å². The maximum Gasteiger partial charge on any atom is 0.199 e. The van der Waals surface area contributed by atoms with Gasteiger partial charge in [0.15, 0.2) is 5.78 Å². The Hall–Kier alpha value is -2.07. The minimum atomic E-state index is -0.636. The number of rotatable bonds is 4. The topological polar surface area (TPSA) is 35.5 Å². The van der Waals surface area contributed by atoms with Crippen LogP contribution in [-0.2, 0) is 0 Å². The lowest BCUT2D eigenvalue weighted by Crippen LogP contribution is -2.07. The second-order valence-electron chi connectivity index (χ2n) is 4.00. The number of halogens is 2. The average molecular weight is 295 g/mol. The van der Waals surface area contributed by atoms with Crippen molar-refractivity contribution in [3.05, 3.63) is 58.4 Å².